The third kappa shape index (κ3) is 5.74. The number of likely N-dealkylation sites (N-methyl/N-ethyl adjacent to an activating group) is 1. The first-order chi connectivity index (χ1) is 17.5. The molecule has 8 nitrogen and oxygen atoms in total. The summed E-state index contributed by atoms with van der Waals surface area (Å²) in [6.45, 7) is 2.81. The minimum absolute atomic E-state index is 0.0147. The van der Waals surface area contributed by atoms with E-state index in [1.165, 1.54) is 32.2 Å². The predicted octanol–water partition coefficient (Wildman–Crippen LogP) is 4.53. The zero-order valence-corrected chi connectivity index (χ0v) is 20.4. The van der Waals surface area contributed by atoms with E-state index in [2.05, 4.69) is 5.32 Å². The summed E-state index contributed by atoms with van der Waals surface area (Å²) in [7, 11) is 1.37. The molecule has 0 bridgehead atoms. The number of nitriles is 1. The average molecular weight is 515 g/mol. The van der Waals surface area contributed by atoms with Crippen molar-refractivity contribution >= 4 is 23.6 Å². The van der Waals surface area contributed by atoms with Gasteiger partial charge < -0.3 is 15.0 Å². The number of anilines is 1. The van der Waals surface area contributed by atoms with Crippen LogP contribution in [-0.4, -0.2) is 43.0 Å². The van der Waals surface area contributed by atoms with E-state index in [0.717, 1.165) is 28.0 Å². The number of carbonyl (C=O) groups is 3. The highest BCUT2D eigenvalue weighted by molar-refractivity contribution is 6.04. The van der Waals surface area contributed by atoms with Crippen molar-refractivity contribution in [2.45, 2.75) is 32.5 Å². The Kier molecular flexibility index (Phi) is 8.22. The van der Waals surface area contributed by atoms with Crippen LogP contribution in [0.5, 0.6) is 0 Å². The van der Waals surface area contributed by atoms with Gasteiger partial charge in [-0.1, -0.05) is 25.1 Å². The molecule has 1 aliphatic rings. The fourth-order valence-corrected chi connectivity index (χ4v) is 3.99. The van der Waals surface area contributed by atoms with Crippen LogP contribution < -0.4 is 10.2 Å². The molecule has 3 amide bonds. The second-order valence-corrected chi connectivity index (χ2v) is 8.24. The third-order valence-electron chi connectivity index (χ3n) is 5.78. The van der Waals surface area contributed by atoms with E-state index in [-0.39, 0.29) is 23.6 Å². The van der Waals surface area contributed by atoms with Gasteiger partial charge in [-0.05, 0) is 49.2 Å². The minimum atomic E-state index is -4.66. The quantitative estimate of drug-likeness (QED) is 0.547. The zero-order chi connectivity index (χ0) is 27.3. The number of ether oxygens (including phenoxy) is 1. The number of amides is 3. The molecule has 0 radical (unpaired) electrons. The maximum absolute atomic E-state index is 13.8. The van der Waals surface area contributed by atoms with Crippen LogP contribution in [0.1, 0.15) is 43.0 Å². The Morgan fingerprint density at radius 1 is 1.16 bits per heavy atom. The number of nitrogens with zero attached hydrogens (tertiary/aromatic N) is 3. The van der Waals surface area contributed by atoms with Gasteiger partial charge in [-0.15, -0.1) is 0 Å². The summed E-state index contributed by atoms with van der Waals surface area (Å²) in [5.74, 6) is -1.34. The number of halogens is 3. The molecule has 1 unspecified atom stereocenters. The van der Waals surface area contributed by atoms with Crippen LogP contribution in [0.4, 0.5) is 23.7 Å². The van der Waals surface area contributed by atoms with Crippen molar-refractivity contribution in [2.24, 2.45) is 0 Å². The lowest BCUT2D eigenvalue weighted by Gasteiger charge is -2.42. The van der Waals surface area contributed by atoms with E-state index in [1.807, 2.05) is 6.07 Å². The summed E-state index contributed by atoms with van der Waals surface area (Å²) in [5.41, 5.74) is -0.300. The molecule has 3 rings (SSSR count). The summed E-state index contributed by atoms with van der Waals surface area (Å²) in [6, 6.07) is 10.3. The van der Waals surface area contributed by atoms with Gasteiger partial charge in [0.15, 0.2) is 0 Å². The van der Waals surface area contributed by atoms with Crippen LogP contribution >= 0.6 is 0 Å². The van der Waals surface area contributed by atoms with Crippen LogP contribution in [-0.2, 0) is 20.5 Å². The molecule has 2 aromatic carbocycles. The molecule has 0 saturated carbocycles. The molecular formula is C26H25F3N4O4. The second kappa shape index (κ2) is 11.2. The van der Waals surface area contributed by atoms with E-state index >= 15 is 0 Å². The summed E-state index contributed by atoms with van der Waals surface area (Å²) in [5, 5.41) is 11.6. The zero-order valence-electron chi connectivity index (χ0n) is 20.4. The SMILES string of the molecule is CCCOC(=O)C1=C(C)N(c2cccc(C(F)(F)F)c2)C(=O)N(CC(=O)NC)C1c1ccc(C#N)cc1. The molecule has 194 valence electrons. The average Bonchev–Trinajstić information content (AvgIpc) is 2.88. The highest BCUT2D eigenvalue weighted by Crippen LogP contribution is 2.41. The molecule has 11 heteroatoms. The molecule has 0 spiro atoms. The number of hydrogen-bond acceptors (Lipinski definition) is 5. The van der Waals surface area contributed by atoms with Gasteiger partial charge in [0.25, 0.3) is 0 Å². The van der Waals surface area contributed by atoms with Crippen LogP contribution in [0, 0.1) is 11.3 Å². The van der Waals surface area contributed by atoms with Gasteiger partial charge in [-0.2, -0.15) is 18.4 Å². The van der Waals surface area contributed by atoms with Crippen molar-refractivity contribution in [1.29, 1.82) is 5.26 Å². The summed E-state index contributed by atoms with van der Waals surface area (Å²) < 4.78 is 45.7. The van der Waals surface area contributed by atoms with E-state index in [9.17, 15) is 27.6 Å². The molecule has 0 aliphatic carbocycles. The van der Waals surface area contributed by atoms with Gasteiger partial charge in [0, 0.05) is 12.7 Å². The third-order valence-corrected chi connectivity index (χ3v) is 5.78. The molecule has 1 atom stereocenters. The molecule has 1 aliphatic heterocycles. The van der Waals surface area contributed by atoms with Gasteiger partial charge in [0.1, 0.15) is 6.54 Å². The Morgan fingerprint density at radius 2 is 1.84 bits per heavy atom. The number of rotatable bonds is 7. The van der Waals surface area contributed by atoms with Crippen LogP contribution in [0.3, 0.4) is 0 Å². The Labute approximate surface area is 211 Å². The second-order valence-electron chi connectivity index (χ2n) is 8.24. The van der Waals surface area contributed by atoms with Crippen molar-refractivity contribution in [3.63, 3.8) is 0 Å². The molecular weight excluding hydrogens is 489 g/mol. The molecule has 1 heterocycles. The standard InChI is InChI=1S/C26H25F3N4O4/c1-4-12-37-24(35)22-16(2)33(20-7-5-6-19(13-20)26(27,28)29)25(36)32(15-21(34)31-3)23(22)18-10-8-17(14-30)9-11-18/h5-11,13,23H,4,12,15H2,1-3H3,(H,31,34). The number of carbonyl (C=O) groups excluding carboxylic acids is 3. The Morgan fingerprint density at radius 3 is 2.41 bits per heavy atom. The van der Waals surface area contributed by atoms with Gasteiger partial charge in [-0.25, -0.2) is 9.59 Å². The number of benzene rings is 2. The van der Waals surface area contributed by atoms with Crippen molar-refractivity contribution in [3.8, 4) is 6.07 Å². The number of nitrogens with one attached hydrogen (secondary N) is 1. The first kappa shape index (κ1) is 27.3. The van der Waals surface area contributed by atoms with Crippen molar-refractivity contribution in [3.05, 3.63) is 76.5 Å². The number of esters is 1. The first-order valence-corrected chi connectivity index (χ1v) is 11.4. The number of hydrogen-bond donors (Lipinski definition) is 1. The lowest BCUT2D eigenvalue weighted by Crippen LogP contribution is -2.53. The topological polar surface area (TPSA) is 103 Å². The van der Waals surface area contributed by atoms with Gasteiger partial charge in [-0.3, -0.25) is 9.69 Å². The Bertz CT molecular complexity index is 1270. The fourth-order valence-electron chi connectivity index (χ4n) is 3.99. The van der Waals surface area contributed by atoms with E-state index in [0.29, 0.717) is 17.5 Å². The van der Waals surface area contributed by atoms with Gasteiger partial charge in [0.2, 0.25) is 5.91 Å². The Balaban J connectivity index is 2.28. The lowest BCUT2D eigenvalue weighted by atomic mass is 9.92. The smallest absolute Gasteiger partial charge is 0.416 e. The highest BCUT2D eigenvalue weighted by Gasteiger charge is 2.44. The predicted molar refractivity (Wildman–Crippen MR) is 128 cm³/mol. The molecule has 0 aromatic heterocycles. The van der Waals surface area contributed by atoms with Crippen molar-refractivity contribution in [1.82, 2.24) is 10.2 Å². The molecule has 2 aromatic rings. The van der Waals surface area contributed by atoms with Crippen molar-refractivity contribution in [2.75, 3.05) is 25.1 Å². The molecule has 37 heavy (non-hydrogen) atoms. The molecule has 1 N–H and O–H groups in total. The molecule has 0 fully saturated rings. The maximum atomic E-state index is 13.8. The van der Waals surface area contributed by atoms with E-state index in [4.69, 9.17) is 10.00 Å². The lowest BCUT2D eigenvalue weighted by molar-refractivity contribution is -0.140. The van der Waals surface area contributed by atoms with E-state index in [1.54, 1.807) is 19.1 Å². The van der Waals surface area contributed by atoms with Crippen LogP contribution in [0.25, 0.3) is 0 Å². The van der Waals surface area contributed by atoms with Crippen LogP contribution in [0.2, 0.25) is 0 Å². The number of allylic oxidation sites excluding steroid dienone is 1. The number of alkyl halides is 3. The van der Waals surface area contributed by atoms with Gasteiger partial charge >= 0.3 is 18.2 Å². The van der Waals surface area contributed by atoms with Crippen LogP contribution in [0.15, 0.2) is 59.8 Å². The normalized spacial score (nSPS) is 15.9. The first-order valence-electron chi connectivity index (χ1n) is 11.4. The summed E-state index contributed by atoms with van der Waals surface area (Å²) in [4.78, 5) is 41.6. The monoisotopic (exact) mass is 514 g/mol. The van der Waals surface area contributed by atoms with Crippen molar-refractivity contribution < 1.29 is 32.3 Å². The summed E-state index contributed by atoms with van der Waals surface area (Å²) in [6.07, 6.45) is -4.15. The van der Waals surface area contributed by atoms with Gasteiger partial charge in [0.05, 0.1) is 41.1 Å². The molecule has 0 saturated heterocycles. The minimum Gasteiger partial charge on any atom is -0.462 e. The highest BCUT2D eigenvalue weighted by atomic mass is 19.4. The fraction of sp³-hybridized carbons (Fsp3) is 0.308. The summed E-state index contributed by atoms with van der Waals surface area (Å²) >= 11 is 0. The largest absolute Gasteiger partial charge is 0.462 e. The number of urea groups is 1. The Hall–Kier alpha value is -4.33. The van der Waals surface area contributed by atoms with E-state index < -0.39 is 42.2 Å². The maximum Gasteiger partial charge on any atom is 0.416 e.